The summed E-state index contributed by atoms with van der Waals surface area (Å²) in [5.41, 5.74) is 0.569. The normalized spacial score (nSPS) is 11.3. The molecule has 27 heavy (non-hydrogen) atoms. The molecule has 0 fully saturated rings. The maximum atomic E-state index is 12.6. The van der Waals surface area contributed by atoms with Gasteiger partial charge in [0.2, 0.25) is 0 Å². The lowest BCUT2D eigenvalue weighted by atomic mass is 10.1. The summed E-state index contributed by atoms with van der Waals surface area (Å²) in [5, 5.41) is 5.97. The Balaban J connectivity index is 1.55. The number of nitrogens with zero attached hydrogens (tertiary/aromatic N) is 1. The van der Waals surface area contributed by atoms with E-state index in [1.165, 1.54) is 11.3 Å². The van der Waals surface area contributed by atoms with Gasteiger partial charge in [0.25, 0.3) is 5.91 Å². The summed E-state index contributed by atoms with van der Waals surface area (Å²) in [4.78, 5) is 29.3. The molecule has 5 nitrogen and oxygen atoms in total. The summed E-state index contributed by atoms with van der Waals surface area (Å²) in [6.07, 6.45) is 0. The fourth-order valence-electron chi connectivity index (χ4n) is 3.10. The van der Waals surface area contributed by atoms with Crippen LogP contribution in [-0.4, -0.2) is 10.9 Å². The number of nitrogens with one attached hydrogen (secondary N) is 1. The van der Waals surface area contributed by atoms with Crippen LogP contribution >= 0.6 is 11.3 Å². The quantitative estimate of drug-likeness (QED) is 0.452. The lowest BCUT2D eigenvalue weighted by Gasteiger charge is -2.02. The van der Waals surface area contributed by atoms with Gasteiger partial charge in [0.1, 0.15) is 11.1 Å². The van der Waals surface area contributed by atoms with Crippen LogP contribution in [0.2, 0.25) is 0 Å². The van der Waals surface area contributed by atoms with Crippen molar-refractivity contribution in [3.8, 4) is 0 Å². The topological polar surface area (TPSA) is 72.2 Å². The van der Waals surface area contributed by atoms with Crippen LogP contribution in [0.3, 0.4) is 0 Å². The van der Waals surface area contributed by atoms with Gasteiger partial charge in [-0.15, -0.1) is 0 Å². The molecule has 0 atom stereocenters. The molecule has 1 amide bonds. The maximum Gasteiger partial charge on any atom is 0.349 e. The lowest BCUT2D eigenvalue weighted by Crippen LogP contribution is -2.20. The summed E-state index contributed by atoms with van der Waals surface area (Å²) in [6.45, 7) is 0. The summed E-state index contributed by atoms with van der Waals surface area (Å²) >= 11 is 1.37. The van der Waals surface area contributed by atoms with Crippen molar-refractivity contribution in [3.63, 3.8) is 0 Å². The van der Waals surface area contributed by atoms with Crippen LogP contribution in [0.5, 0.6) is 0 Å². The van der Waals surface area contributed by atoms with Crippen molar-refractivity contribution in [2.45, 2.75) is 0 Å². The minimum absolute atomic E-state index is 0.0437. The lowest BCUT2D eigenvalue weighted by molar-refractivity contribution is 0.102. The molecule has 0 unspecified atom stereocenters. The van der Waals surface area contributed by atoms with E-state index in [2.05, 4.69) is 10.3 Å². The van der Waals surface area contributed by atoms with Gasteiger partial charge in [-0.1, -0.05) is 59.9 Å². The number of hydrogen-bond donors (Lipinski definition) is 1. The van der Waals surface area contributed by atoms with Crippen LogP contribution in [-0.2, 0) is 0 Å². The van der Waals surface area contributed by atoms with E-state index in [9.17, 15) is 9.59 Å². The first-order valence-electron chi connectivity index (χ1n) is 8.31. The van der Waals surface area contributed by atoms with Gasteiger partial charge in [0.15, 0.2) is 5.13 Å². The number of fused-ring (bicyclic) bond motifs is 4. The standard InChI is InChI=1S/C21H12N2O3S/c24-19(15-11-13-6-2-4-8-16(13)26-20(15)25)23-21-22-18-14-7-3-1-5-12(14)9-10-17(18)27-21/h1-11H,(H,22,23,24). The number of hydrogen-bond acceptors (Lipinski definition) is 5. The molecule has 3 aromatic carbocycles. The Bertz CT molecular complexity index is 1400. The predicted molar refractivity (Wildman–Crippen MR) is 108 cm³/mol. The molecule has 0 saturated carbocycles. The molecular formula is C21H12N2O3S. The van der Waals surface area contributed by atoms with Crippen LogP contribution in [0.4, 0.5) is 5.13 Å². The number of benzene rings is 3. The van der Waals surface area contributed by atoms with Crippen LogP contribution in [0.15, 0.2) is 75.9 Å². The average molecular weight is 372 g/mol. The molecule has 5 aromatic rings. The zero-order valence-electron chi connectivity index (χ0n) is 13.9. The molecule has 2 aromatic heterocycles. The zero-order valence-corrected chi connectivity index (χ0v) is 14.7. The van der Waals surface area contributed by atoms with E-state index in [-0.39, 0.29) is 5.56 Å². The van der Waals surface area contributed by atoms with Crippen molar-refractivity contribution in [1.29, 1.82) is 0 Å². The predicted octanol–water partition coefficient (Wildman–Crippen LogP) is 4.81. The van der Waals surface area contributed by atoms with E-state index < -0.39 is 11.5 Å². The molecule has 0 aliphatic carbocycles. The third-order valence-corrected chi connectivity index (χ3v) is 5.33. The van der Waals surface area contributed by atoms with Crippen molar-refractivity contribution in [2.24, 2.45) is 0 Å². The van der Waals surface area contributed by atoms with Gasteiger partial charge in [-0.3, -0.25) is 10.1 Å². The highest BCUT2D eigenvalue weighted by Crippen LogP contribution is 2.31. The number of carbonyl (C=O) groups is 1. The van der Waals surface area contributed by atoms with Gasteiger partial charge in [-0.2, -0.15) is 0 Å². The van der Waals surface area contributed by atoms with Crippen molar-refractivity contribution in [3.05, 3.63) is 82.7 Å². The van der Waals surface area contributed by atoms with Crippen molar-refractivity contribution < 1.29 is 9.21 Å². The highest BCUT2D eigenvalue weighted by Gasteiger charge is 2.16. The van der Waals surface area contributed by atoms with E-state index >= 15 is 0 Å². The Morgan fingerprint density at radius 2 is 1.74 bits per heavy atom. The Morgan fingerprint density at radius 1 is 0.963 bits per heavy atom. The van der Waals surface area contributed by atoms with E-state index in [1.807, 2.05) is 42.5 Å². The number of anilines is 1. The molecule has 0 bridgehead atoms. The molecule has 5 rings (SSSR count). The Kier molecular flexibility index (Phi) is 3.51. The number of thiazole rings is 1. The van der Waals surface area contributed by atoms with E-state index in [0.29, 0.717) is 16.1 Å². The molecule has 0 saturated heterocycles. The number of rotatable bonds is 2. The van der Waals surface area contributed by atoms with Crippen LogP contribution in [0.1, 0.15) is 10.4 Å². The fraction of sp³-hybridized carbons (Fsp3) is 0. The van der Waals surface area contributed by atoms with Crippen LogP contribution in [0, 0.1) is 0 Å². The Labute approximate surface area is 156 Å². The molecule has 2 heterocycles. The van der Waals surface area contributed by atoms with E-state index in [4.69, 9.17) is 4.42 Å². The van der Waals surface area contributed by atoms with Crippen LogP contribution in [0.25, 0.3) is 32.0 Å². The second-order valence-corrected chi connectivity index (χ2v) is 7.12. The molecule has 0 aliphatic rings. The third-order valence-electron chi connectivity index (χ3n) is 4.39. The number of aromatic nitrogens is 1. The smallest absolute Gasteiger partial charge is 0.349 e. The molecule has 1 N–H and O–H groups in total. The van der Waals surface area contributed by atoms with Crippen molar-refractivity contribution in [1.82, 2.24) is 4.98 Å². The van der Waals surface area contributed by atoms with Crippen molar-refractivity contribution in [2.75, 3.05) is 5.32 Å². The molecular weight excluding hydrogens is 360 g/mol. The minimum Gasteiger partial charge on any atom is -0.422 e. The van der Waals surface area contributed by atoms with Gasteiger partial charge in [0, 0.05) is 10.8 Å². The Morgan fingerprint density at radius 3 is 2.63 bits per heavy atom. The largest absolute Gasteiger partial charge is 0.422 e. The minimum atomic E-state index is -0.669. The molecule has 130 valence electrons. The number of para-hydroxylation sites is 1. The first-order chi connectivity index (χ1) is 13.2. The fourth-order valence-corrected chi connectivity index (χ4v) is 3.98. The average Bonchev–Trinajstić information content (AvgIpc) is 3.10. The van der Waals surface area contributed by atoms with Gasteiger partial charge in [-0.25, -0.2) is 9.78 Å². The first-order valence-corrected chi connectivity index (χ1v) is 9.13. The number of carbonyl (C=O) groups excluding carboxylic acids is 1. The van der Waals surface area contributed by atoms with Crippen LogP contribution < -0.4 is 10.9 Å². The van der Waals surface area contributed by atoms with Crippen molar-refractivity contribution >= 4 is 54.3 Å². The maximum absolute atomic E-state index is 12.6. The van der Waals surface area contributed by atoms with Gasteiger partial charge in [-0.05, 0) is 23.6 Å². The first kappa shape index (κ1) is 15.7. The summed E-state index contributed by atoms with van der Waals surface area (Å²) in [6, 6.07) is 20.6. The highest BCUT2D eigenvalue weighted by molar-refractivity contribution is 7.22. The summed E-state index contributed by atoms with van der Waals surface area (Å²) in [5.74, 6) is -0.530. The molecule has 6 heteroatoms. The molecule has 0 aliphatic heterocycles. The summed E-state index contributed by atoms with van der Waals surface area (Å²) < 4.78 is 6.20. The number of amides is 1. The Hall–Kier alpha value is -3.51. The van der Waals surface area contributed by atoms with E-state index in [0.717, 1.165) is 21.0 Å². The molecule has 0 spiro atoms. The monoisotopic (exact) mass is 372 g/mol. The second kappa shape index (κ2) is 6.03. The van der Waals surface area contributed by atoms with Gasteiger partial charge in [0.05, 0.1) is 10.2 Å². The van der Waals surface area contributed by atoms with E-state index in [1.54, 1.807) is 24.3 Å². The zero-order chi connectivity index (χ0) is 18.4. The summed E-state index contributed by atoms with van der Waals surface area (Å²) in [7, 11) is 0. The molecule has 0 radical (unpaired) electrons. The third kappa shape index (κ3) is 2.67. The second-order valence-electron chi connectivity index (χ2n) is 6.09. The highest BCUT2D eigenvalue weighted by atomic mass is 32.1. The van der Waals surface area contributed by atoms with Gasteiger partial charge >= 0.3 is 5.63 Å². The van der Waals surface area contributed by atoms with Gasteiger partial charge < -0.3 is 4.42 Å². The SMILES string of the molecule is O=C(Nc1nc2c(ccc3ccccc32)s1)c1cc2ccccc2oc1=O.